The molecule has 1 atom stereocenters. The van der Waals surface area contributed by atoms with Crippen molar-refractivity contribution >= 4 is 5.82 Å². The molecule has 0 bridgehead atoms. The zero-order chi connectivity index (χ0) is 15.0. The first-order chi connectivity index (χ1) is 10.0. The van der Waals surface area contributed by atoms with Gasteiger partial charge in [0.05, 0.1) is 5.69 Å². The maximum Gasteiger partial charge on any atom is 0.135 e. The van der Waals surface area contributed by atoms with Crippen molar-refractivity contribution in [3.05, 3.63) is 29.0 Å². The molecule has 1 saturated heterocycles. The Morgan fingerprint density at radius 3 is 2.71 bits per heavy atom. The van der Waals surface area contributed by atoms with Crippen LogP contribution in [0.4, 0.5) is 5.82 Å². The van der Waals surface area contributed by atoms with Crippen LogP contribution < -0.4 is 4.90 Å². The lowest BCUT2D eigenvalue weighted by Gasteiger charge is -2.33. The summed E-state index contributed by atoms with van der Waals surface area (Å²) in [6.45, 7) is 8.12. The van der Waals surface area contributed by atoms with Crippen LogP contribution in [0.1, 0.15) is 41.5 Å². The minimum atomic E-state index is 0.433. The molecule has 0 spiro atoms. The predicted molar refractivity (Wildman–Crippen MR) is 81.4 cm³/mol. The van der Waals surface area contributed by atoms with E-state index in [1.807, 2.05) is 20.2 Å². The summed E-state index contributed by atoms with van der Waals surface area (Å²) in [4.78, 5) is 11.5. The molecule has 3 heterocycles. The van der Waals surface area contributed by atoms with E-state index in [4.69, 9.17) is 0 Å². The smallest absolute Gasteiger partial charge is 0.135 e. The Kier molecular flexibility index (Phi) is 3.61. The number of aryl methyl sites for hydroxylation is 3. The van der Waals surface area contributed by atoms with E-state index >= 15 is 0 Å². The lowest BCUT2D eigenvalue weighted by Crippen LogP contribution is -2.36. The van der Waals surface area contributed by atoms with Gasteiger partial charge in [-0.25, -0.2) is 9.97 Å². The Labute approximate surface area is 125 Å². The number of anilines is 1. The van der Waals surface area contributed by atoms with Crippen molar-refractivity contribution in [1.82, 2.24) is 25.0 Å². The average Bonchev–Trinajstić information content (AvgIpc) is 2.89. The molecule has 1 fully saturated rings. The van der Waals surface area contributed by atoms with Gasteiger partial charge in [0.15, 0.2) is 0 Å². The molecule has 0 aromatic carbocycles. The van der Waals surface area contributed by atoms with E-state index in [9.17, 15) is 0 Å². The standard InChI is InChI=1S/C15H22N6/c1-10-11(2)16-12(3)17-15(10)21-7-5-6-13(8-21)14-9-20(4)19-18-14/h9,13H,5-8H2,1-4H3/t13-/m0/s1. The number of hydrogen-bond donors (Lipinski definition) is 0. The van der Waals surface area contributed by atoms with Crippen LogP contribution in [0.15, 0.2) is 6.20 Å². The van der Waals surface area contributed by atoms with Crippen molar-refractivity contribution in [2.24, 2.45) is 7.05 Å². The molecule has 0 saturated carbocycles. The summed E-state index contributed by atoms with van der Waals surface area (Å²) in [6, 6.07) is 0. The quantitative estimate of drug-likeness (QED) is 0.844. The van der Waals surface area contributed by atoms with E-state index in [1.165, 1.54) is 5.56 Å². The van der Waals surface area contributed by atoms with Crippen LogP contribution in [0, 0.1) is 20.8 Å². The second-order valence-electron chi connectivity index (χ2n) is 5.91. The van der Waals surface area contributed by atoms with Crippen molar-refractivity contribution < 1.29 is 0 Å². The van der Waals surface area contributed by atoms with Gasteiger partial charge >= 0.3 is 0 Å². The van der Waals surface area contributed by atoms with Crippen molar-refractivity contribution in [1.29, 1.82) is 0 Å². The van der Waals surface area contributed by atoms with E-state index < -0.39 is 0 Å². The minimum absolute atomic E-state index is 0.433. The lowest BCUT2D eigenvalue weighted by molar-refractivity contribution is 0.496. The highest BCUT2D eigenvalue weighted by Crippen LogP contribution is 2.30. The zero-order valence-corrected chi connectivity index (χ0v) is 13.2. The van der Waals surface area contributed by atoms with Gasteiger partial charge in [-0.15, -0.1) is 5.10 Å². The third-order valence-corrected chi connectivity index (χ3v) is 4.23. The summed E-state index contributed by atoms with van der Waals surface area (Å²) in [5.41, 5.74) is 3.34. The Morgan fingerprint density at radius 1 is 1.19 bits per heavy atom. The van der Waals surface area contributed by atoms with Gasteiger partial charge in [-0.1, -0.05) is 5.21 Å². The molecular formula is C15H22N6. The number of piperidine rings is 1. The van der Waals surface area contributed by atoms with Gasteiger partial charge in [-0.3, -0.25) is 4.68 Å². The summed E-state index contributed by atoms with van der Waals surface area (Å²) < 4.78 is 1.78. The second kappa shape index (κ2) is 5.42. The van der Waals surface area contributed by atoms with Crippen LogP contribution in [0.3, 0.4) is 0 Å². The third kappa shape index (κ3) is 2.75. The maximum absolute atomic E-state index is 4.66. The average molecular weight is 286 g/mol. The lowest BCUT2D eigenvalue weighted by atomic mass is 9.95. The van der Waals surface area contributed by atoms with Gasteiger partial charge in [0.1, 0.15) is 11.6 Å². The SMILES string of the molecule is Cc1nc(C)c(C)c(N2CCC[C@H](c3cn(C)nn3)C2)n1. The molecule has 6 nitrogen and oxygen atoms in total. The monoisotopic (exact) mass is 286 g/mol. The molecule has 1 aliphatic heterocycles. The predicted octanol–water partition coefficient (Wildman–Crippen LogP) is 1.91. The maximum atomic E-state index is 4.66. The highest BCUT2D eigenvalue weighted by molar-refractivity contribution is 5.49. The van der Waals surface area contributed by atoms with Gasteiger partial charge in [-0.2, -0.15) is 0 Å². The molecule has 1 aliphatic rings. The van der Waals surface area contributed by atoms with Crippen molar-refractivity contribution in [2.45, 2.75) is 39.5 Å². The molecule has 21 heavy (non-hydrogen) atoms. The Bertz CT molecular complexity index is 648. The third-order valence-electron chi connectivity index (χ3n) is 4.23. The fraction of sp³-hybridized carbons (Fsp3) is 0.600. The van der Waals surface area contributed by atoms with E-state index in [1.54, 1.807) is 4.68 Å². The number of hydrogen-bond acceptors (Lipinski definition) is 5. The van der Waals surface area contributed by atoms with Crippen LogP contribution in [-0.4, -0.2) is 38.1 Å². The highest BCUT2D eigenvalue weighted by atomic mass is 15.4. The molecule has 112 valence electrons. The molecule has 6 heteroatoms. The van der Waals surface area contributed by atoms with E-state index in [0.29, 0.717) is 5.92 Å². The topological polar surface area (TPSA) is 59.7 Å². The number of aromatic nitrogens is 5. The van der Waals surface area contributed by atoms with E-state index in [0.717, 1.165) is 49.0 Å². The Balaban J connectivity index is 1.86. The first kappa shape index (κ1) is 14.0. The largest absolute Gasteiger partial charge is 0.356 e. The molecule has 0 aliphatic carbocycles. The molecule has 3 rings (SSSR count). The zero-order valence-electron chi connectivity index (χ0n) is 13.2. The van der Waals surface area contributed by atoms with Crippen molar-refractivity contribution in [3.63, 3.8) is 0 Å². The second-order valence-corrected chi connectivity index (χ2v) is 5.91. The first-order valence-electron chi connectivity index (χ1n) is 7.47. The minimum Gasteiger partial charge on any atom is -0.356 e. The van der Waals surface area contributed by atoms with Gasteiger partial charge in [0.2, 0.25) is 0 Å². The number of nitrogens with zero attached hydrogens (tertiary/aromatic N) is 6. The first-order valence-corrected chi connectivity index (χ1v) is 7.47. The van der Waals surface area contributed by atoms with Crippen LogP contribution >= 0.6 is 0 Å². The van der Waals surface area contributed by atoms with Gasteiger partial charge in [0.25, 0.3) is 0 Å². The van der Waals surface area contributed by atoms with Crippen molar-refractivity contribution in [2.75, 3.05) is 18.0 Å². The van der Waals surface area contributed by atoms with E-state index in [-0.39, 0.29) is 0 Å². The highest BCUT2D eigenvalue weighted by Gasteiger charge is 2.25. The fourth-order valence-electron chi connectivity index (χ4n) is 3.02. The number of rotatable bonds is 2. The fourth-order valence-corrected chi connectivity index (χ4v) is 3.02. The molecule has 0 radical (unpaired) electrons. The molecule has 2 aromatic rings. The van der Waals surface area contributed by atoms with Gasteiger partial charge in [-0.05, 0) is 33.6 Å². The van der Waals surface area contributed by atoms with Gasteiger partial charge in [0, 0.05) is 43.5 Å². The van der Waals surface area contributed by atoms with Crippen LogP contribution in [0.2, 0.25) is 0 Å². The van der Waals surface area contributed by atoms with Crippen LogP contribution in [-0.2, 0) is 7.05 Å². The van der Waals surface area contributed by atoms with Crippen LogP contribution in [0.25, 0.3) is 0 Å². The summed E-state index contributed by atoms with van der Waals surface area (Å²) in [6.07, 6.45) is 4.34. The van der Waals surface area contributed by atoms with Crippen LogP contribution in [0.5, 0.6) is 0 Å². The Hall–Kier alpha value is -1.98. The molecular weight excluding hydrogens is 264 g/mol. The normalized spacial score (nSPS) is 19.0. The van der Waals surface area contributed by atoms with Gasteiger partial charge < -0.3 is 4.90 Å². The van der Waals surface area contributed by atoms with Crippen molar-refractivity contribution in [3.8, 4) is 0 Å². The summed E-state index contributed by atoms with van der Waals surface area (Å²) in [5, 5.41) is 8.34. The van der Waals surface area contributed by atoms with E-state index in [2.05, 4.69) is 39.0 Å². The Morgan fingerprint density at radius 2 is 2.00 bits per heavy atom. The molecule has 0 amide bonds. The molecule has 0 unspecified atom stereocenters. The molecule has 0 N–H and O–H groups in total. The summed E-state index contributed by atoms with van der Waals surface area (Å²) in [5.74, 6) is 2.35. The molecule has 2 aromatic heterocycles. The summed E-state index contributed by atoms with van der Waals surface area (Å²) >= 11 is 0. The summed E-state index contributed by atoms with van der Waals surface area (Å²) in [7, 11) is 1.92.